The van der Waals surface area contributed by atoms with E-state index in [-0.39, 0.29) is 6.61 Å². The molecule has 2 saturated heterocycles. The lowest BCUT2D eigenvalue weighted by Crippen LogP contribution is -2.46. The number of nitrogens with zero attached hydrogens (tertiary/aromatic N) is 3. The van der Waals surface area contributed by atoms with Gasteiger partial charge in [0, 0.05) is 58.9 Å². The molecule has 0 amide bonds. The zero-order valence-electron chi connectivity index (χ0n) is 16.1. The Morgan fingerprint density at radius 1 is 1.00 bits per heavy atom. The van der Waals surface area contributed by atoms with E-state index in [9.17, 15) is 5.11 Å². The van der Waals surface area contributed by atoms with E-state index in [4.69, 9.17) is 14.6 Å². The van der Waals surface area contributed by atoms with Crippen LogP contribution < -0.4 is 4.74 Å². The second-order valence-corrected chi connectivity index (χ2v) is 7.37. The van der Waals surface area contributed by atoms with Crippen molar-refractivity contribution in [1.29, 1.82) is 0 Å². The quantitative estimate of drug-likeness (QED) is 0.619. The van der Waals surface area contributed by atoms with Crippen LogP contribution in [0.25, 0.3) is 0 Å². The van der Waals surface area contributed by atoms with Gasteiger partial charge in [-0.15, -0.1) is 0 Å². The molecular weight excluding hydrogens is 346 g/mol. The number of aliphatic hydroxyl groups is 2. The van der Waals surface area contributed by atoms with E-state index in [1.807, 2.05) is 12.1 Å². The molecule has 2 heterocycles. The number of aliphatic hydroxyl groups excluding tert-OH is 2. The lowest BCUT2D eigenvalue weighted by molar-refractivity contribution is 0.00464. The highest BCUT2D eigenvalue weighted by atomic mass is 16.5. The van der Waals surface area contributed by atoms with Gasteiger partial charge in [-0.05, 0) is 17.7 Å². The first kappa shape index (κ1) is 20.5. The van der Waals surface area contributed by atoms with Gasteiger partial charge in [0.05, 0.1) is 19.8 Å². The average Bonchev–Trinajstić information content (AvgIpc) is 2.69. The fourth-order valence-electron chi connectivity index (χ4n) is 3.63. The molecule has 2 fully saturated rings. The van der Waals surface area contributed by atoms with E-state index >= 15 is 0 Å². The summed E-state index contributed by atoms with van der Waals surface area (Å²) in [6.07, 6.45) is -0.494. The summed E-state index contributed by atoms with van der Waals surface area (Å²) in [5, 5.41) is 19.3. The predicted octanol–water partition coefficient (Wildman–Crippen LogP) is -0.132. The maximum atomic E-state index is 10.2. The monoisotopic (exact) mass is 379 g/mol. The van der Waals surface area contributed by atoms with E-state index in [2.05, 4.69) is 26.8 Å². The van der Waals surface area contributed by atoms with Gasteiger partial charge < -0.3 is 19.7 Å². The molecule has 0 saturated carbocycles. The topological polar surface area (TPSA) is 68.6 Å². The van der Waals surface area contributed by atoms with Gasteiger partial charge in [-0.3, -0.25) is 14.7 Å². The first-order chi connectivity index (χ1) is 13.2. The van der Waals surface area contributed by atoms with Gasteiger partial charge in [0.25, 0.3) is 0 Å². The standard InChI is InChI=1S/C20H33N3O4/c24-11-8-21-4-6-22(7-5-21)15-18-2-1-3-20(14-18)27-17-19(25)16-23-9-12-26-13-10-23/h1-3,14,19,24-25H,4-13,15-17H2/t19-/m0/s1. The van der Waals surface area contributed by atoms with Gasteiger partial charge in [-0.25, -0.2) is 0 Å². The van der Waals surface area contributed by atoms with Gasteiger partial charge in [0.1, 0.15) is 18.5 Å². The van der Waals surface area contributed by atoms with E-state index in [1.54, 1.807) is 0 Å². The van der Waals surface area contributed by atoms with Crippen molar-refractivity contribution in [1.82, 2.24) is 14.7 Å². The first-order valence-corrected chi connectivity index (χ1v) is 9.98. The van der Waals surface area contributed by atoms with Gasteiger partial charge in [-0.1, -0.05) is 12.1 Å². The Bertz CT molecular complexity index is 546. The maximum Gasteiger partial charge on any atom is 0.119 e. The number of hydrogen-bond acceptors (Lipinski definition) is 7. The Kier molecular flexibility index (Phi) is 8.32. The predicted molar refractivity (Wildman–Crippen MR) is 104 cm³/mol. The lowest BCUT2D eigenvalue weighted by atomic mass is 10.2. The first-order valence-electron chi connectivity index (χ1n) is 9.98. The van der Waals surface area contributed by atoms with Crippen LogP contribution in [0.4, 0.5) is 0 Å². The minimum Gasteiger partial charge on any atom is -0.491 e. The number of rotatable bonds is 9. The van der Waals surface area contributed by atoms with Gasteiger partial charge >= 0.3 is 0 Å². The third-order valence-corrected chi connectivity index (χ3v) is 5.20. The van der Waals surface area contributed by atoms with E-state index in [1.165, 1.54) is 5.56 Å². The van der Waals surface area contributed by atoms with Crippen molar-refractivity contribution < 1.29 is 19.7 Å². The molecule has 3 rings (SSSR count). The van der Waals surface area contributed by atoms with Crippen LogP contribution in [-0.2, 0) is 11.3 Å². The van der Waals surface area contributed by atoms with Crippen LogP contribution in [0.15, 0.2) is 24.3 Å². The highest BCUT2D eigenvalue weighted by Crippen LogP contribution is 2.16. The highest BCUT2D eigenvalue weighted by Gasteiger charge is 2.17. The lowest BCUT2D eigenvalue weighted by Gasteiger charge is -2.34. The summed E-state index contributed by atoms with van der Waals surface area (Å²) in [7, 11) is 0. The van der Waals surface area contributed by atoms with Crippen LogP contribution in [0, 0.1) is 0 Å². The van der Waals surface area contributed by atoms with Crippen molar-refractivity contribution in [3.05, 3.63) is 29.8 Å². The van der Waals surface area contributed by atoms with Gasteiger partial charge in [0.2, 0.25) is 0 Å². The van der Waals surface area contributed by atoms with Crippen LogP contribution in [0.3, 0.4) is 0 Å². The number of morpholine rings is 1. The van der Waals surface area contributed by atoms with Crippen LogP contribution in [0.5, 0.6) is 5.75 Å². The van der Waals surface area contributed by atoms with Crippen LogP contribution in [0.2, 0.25) is 0 Å². The molecule has 0 spiro atoms. The fraction of sp³-hybridized carbons (Fsp3) is 0.700. The Labute approximate surface area is 162 Å². The van der Waals surface area contributed by atoms with Crippen LogP contribution in [-0.4, -0.2) is 110 Å². The van der Waals surface area contributed by atoms with E-state index in [0.717, 1.165) is 71.3 Å². The molecule has 0 aromatic heterocycles. The van der Waals surface area contributed by atoms with Crippen LogP contribution in [0.1, 0.15) is 5.56 Å². The second kappa shape index (κ2) is 10.9. The fourth-order valence-corrected chi connectivity index (χ4v) is 3.63. The zero-order chi connectivity index (χ0) is 18.9. The van der Waals surface area contributed by atoms with Gasteiger partial charge in [0.15, 0.2) is 0 Å². The number of hydrogen-bond donors (Lipinski definition) is 2. The van der Waals surface area contributed by atoms with Crippen molar-refractivity contribution >= 4 is 0 Å². The average molecular weight is 380 g/mol. The third-order valence-electron chi connectivity index (χ3n) is 5.20. The molecule has 0 bridgehead atoms. The molecule has 152 valence electrons. The summed E-state index contributed by atoms with van der Waals surface area (Å²) >= 11 is 0. The molecule has 0 radical (unpaired) electrons. The molecule has 0 aliphatic carbocycles. The van der Waals surface area contributed by atoms with E-state index < -0.39 is 6.10 Å². The SMILES string of the molecule is OCCN1CCN(Cc2cccc(OC[C@@H](O)CN3CCOCC3)c2)CC1. The molecule has 7 heteroatoms. The summed E-state index contributed by atoms with van der Waals surface area (Å²) < 4.78 is 11.2. The normalized spacial score (nSPS) is 21.3. The maximum absolute atomic E-state index is 10.2. The highest BCUT2D eigenvalue weighted by molar-refractivity contribution is 5.28. The van der Waals surface area contributed by atoms with Crippen molar-refractivity contribution in [2.75, 3.05) is 78.8 Å². The molecule has 2 N–H and O–H groups in total. The second-order valence-electron chi connectivity index (χ2n) is 7.37. The summed E-state index contributed by atoms with van der Waals surface area (Å²) in [6.45, 7) is 10.1. The molecule has 1 atom stereocenters. The number of ether oxygens (including phenoxy) is 2. The van der Waals surface area contributed by atoms with E-state index in [0.29, 0.717) is 13.2 Å². The summed E-state index contributed by atoms with van der Waals surface area (Å²) in [5.74, 6) is 0.812. The van der Waals surface area contributed by atoms with Crippen molar-refractivity contribution in [3.8, 4) is 5.75 Å². The molecule has 7 nitrogen and oxygen atoms in total. The van der Waals surface area contributed by atoms with Crippen LogP contribution >= 0.6 is 0 Å². The molecule has 2 aliphatic heterocycles. The Morgan fingerprint density at radius 2 is 1.74 bits per heavy atom. The van der Waals surface area contributed by atoms with Gasteiger partial charge in [-0.2, -0.15) is 0 Å². The number of piperazine rings is 1. The molecule has 0 unspecified atom stereocenters. The van der Waals surface area contributed by atoms with Crippen molar-refractivity contribution in [3.63, 3.8) is 0 Å². The number of benzene rings is 1. The minimum atomic E-state index is -0.494. The van der Waals surface area contributed by atoms with Crippen molar-refractivity contribution in [2.24, 2.45) is 0 Å². The Morgan fingerprint density at radius 3 is 2.48 bits per heavy atom. The Hall–Kier alpha value is -1.22. The molecule has 27 heavy (non-hydrogen) atoms. The largest absolute Gasteiger partial charge is 0.491 e. The molecule has 1 aromatic rings. The molecular formula is C20H33N3O4. The smallest absolute Gasteiger partial charge is 0.119 e. The zero-order valence-corrected chi connectivity index (χ0v) is 16.1. The third kappa shape index (κ3) is 7.03. The minimum absolute atomic E-state index is 0.233. The number of β-amino-alcohol motifs (C(OH)–C–C–N with tert-alkyl or cyclic N) is 2. The summed E-state index contributed by atoms with van der Waals surface area (Å²) in [6, 6.07) is 8.16. The Balaban J connectivity index is 1.40. The summed E-state index contributed by atoms with van der Waals surface area (Å²) in [4.78, 5) is 6.94. The van der Waals surface area contributed by atoms with Crippen molar-refractivity contribution in [2.45, 2.75) is 12.6 Å². The summed E-state index contributed by atoms with van der Waals surface area (Å²) in [5.41, 5.74) is 1.23. The molecule has 2 aliphatic rings. The molecule has 1 aromatic carbocycles.